The highest BCUT2D eigenvalue weighted by atomic mass is 19.1. The van der Waals surface area contributed by atoms with Crippen LogP contribution >= 0.6 is 0 Å². The summed E-state index contributed by atoms with van der Waals surface area (Å²) in [5.74, 6) is -0.583. The Labute approximate surface area is 182 Å². The second kappa shape index (κ2) is 9.88. The molecule has 0 radical (unpaired) electrons. The van der Waals surface area contributed by atoms with Crippen molar-refractivity contribution in [1.29, 1.82) is 0 Å². The summed E-state index contributed by atoms with van der Waals surface area (Å²) >= 11 is 0. The SMILES string of the molecule is Cc1c(C(=O)NCc2cccc(CN3CCCCCC3)c2)cnn1-c1ccccc1F. The zero-order chi connectivity index (χ0) is 21.6. The van der Waals surface area contributed by atoms with Gasteiger partial charge in [0, 0.05) is 13.1 Å². The Morgan fingerprint density at radius 1 is 1.03 bits per heavy atom. The van der Waals surface area contributed by atoms with E-state index in [4.69, 9.17) is 0 Å². The molecule has 2 heterocycles. The number of halogens is 1. The summed E-state index contributed by atoms with van der Waals surface area (Å²) in [6.07, 6.45) is 6.70. The summed E-state index contributed by atoms with van der Waals surface area (Å²) in [7, 11) is 0. The number of nitrogens with zero attached hydrogens (tertiary/aromatic N) is 3. The van der Waals surface area contributed by atoms with Crippen molar-refractivity contribution in [3.8, 4) is 5.69 Å². The standard InChI is InChI=1S/C25H29FN4O/c1-19-22(17-28-30(19)24-12-5-4-11-23(24)26)25(31)27-16-20-9-8-10-21(15-20)18-29-13-6-2-3-7-14-29/h4-5,8-12,15,17H,2-3,6-7,13-14,16,18H2,1H3,(H,27,31). The van der Waals surface area contributed by atoms with Gasteiger partial charge in [0.05, 0.1) is 17.5 Å². The van der Waals surface area contributed by atoms with E-state index in [2.05, 4.69) is 33.5 Å². The van der Waals surface area contributed by atoms with Crippen LogP contribution in [0.2, 0.25) is 0 Å². The molecular weight excluding hydrogens is 391 g/mol. The first-order valence-corrected chi connectivity index (χ1v) is 11.0. The summed E-state index contributed by atoms with van der Waals surface area (Å²) in [6, 6.07) is 14.8. The van der Waals surface area contributed by atoms with Gasteiger partial charge in [0.1, 0.15) is 11.5 Å². The molecule has 0 unspecified atom stereocenters. The Kier molecular flexibility index (Phi) is 6.77. The number of para-hydroxylation sites is 1. The lowest BCUT2D eigenvalue weighted by Gasteiger charge is -2.20. The second-order valence-corrected chi connectivity index (χ2v) is 8.20. The van der Waals surface area contributed by atoms with Gasteiger partial charge in [-0.2, -0.15) is 5.10 Å². The van der Waals surface area contributed by atoms with Crippen molar-refractivity contribution in [2.75, 3.05) is 13.1 Å². The molecule has 31 heavy (non-hydrogen) atoms. The lowest BCUT2D eigenvalue weighted by Crippen LogP contribution is -2.25. The number of carbonyl (C=O) groups is 1. The number of benzene rings is 2. The molecule has 1 fully saturated rings. The van der Waals surface area contributed by atoms with Crippen LogP contribution < -0.4 is 5.32 Å². The molecular formula is C25H29FN4O. The average Bonchev–Trinajstić information content (AvgIpc) is 2.97. The monoisotopic (exact) mass is 420 g/mol. The third kappa shape index (κ3) is 5.20. The highest BCUT2D eigenvalue weighted by Crippen LogP contribution is 2.18. The van der Waals surface area contributed by atoms with E-state index in [1.807, 2.05) is 6.07 Å². The van der Waals surface area contributed by atoms with Crippen molar-refractivity contribution < 1.29 is 9.18 Å². The van der Waals surface area contributed by atoms with Gasteiger partial charge >= 0.3 is 0 Å². The Morgan fingerprint density at radius 2 is 1.77 bits per heavy atom. The maximum Gasteiger partial charge on any atom is 0.255 e. The van der Waals surface area contributed by atoms with Gasteiger partial charge in [0.15, 0.2) is 0 Å². The minimum Gasteiger partial charge on any atom is -0.348 e. The van der Waals surface area contributed by atoms with Crippen LogP contribution in [0, 0.1) is 12.7 Å². The molecule has 1 aliphatic heterocycles. The van der Waals surface area contributed by atoms with Gasteiger partial charge in [-0.1, -0.05) is 49.2 Å². The van der Waals surface area contributed by atoms with Crippen LogP contribution in [0.5, 0.6) is 0 Å². The molecule has 1 aliphatic rings. The fourth-order valence-corrected chi connectivity index (χ4v) is 4.17. The fourth-order valence-electron chi connectivity index (χ4n) is 4.17. The van der Waals surface area contributed by atoms with Crippen molar-refractivity contribution in [3.05, 3.63) is 82.9 Å². The summed E-state index contributed by atoms with van der Waals surface area (Å²) < 4.78 is 15.6. The Hall–Kier alpha value is -2.99. The summed E-state index contributed by atoms with van der Waals surface area (Å²) in [5.41, 5.74) is 3.73. The third-order valence-corrected chi connectivity index (χ3v) is 5.88. The lowest BCUT2D eigenvalue weighted by atomic mass is 10.1. The van der Waals surface area contributed by atoms with Crippen molar-refractivity contribution >= 4 is 5.91 Å². The van der Waals surface area contributed by atoms with Crippen molar-refractivity contribution in [1.82, 2.24) is 20.0 Å². The normalized spacial score (nSPS) is 14.9. The van der Waals surface area contributed by atoms with E-state index >= 15 is 0 Å². The van der Waals surface area contributed by atoms with Crippen LogP contribution in [0.15, 0.2) is 54.7 Å². The molecule has 1 amide bonds. The van der Waals surface area contributed by atoms with E-state index in [-0.39, 0.29) is 11.7 Å². The van der Waals surface area contributed by atoms with E-state index in [9.17, 15) is 9.18 Å². The first kappa shape index (κ1) is 21.2. The highest BCUT2D eigenvalue weighted by Gasteiger charge is 2.17. The van der Waals surface area contributed by atoms with Gasteiger partial charge in [-0.25, -0.2) is 9.07 Å². The number of hydrogen-bond donors (Lipinski definition) is 1. The number of rotatable bonds is 6. The van der Waals surface area contributed by atoms with Gasteiger partial charge in [0.25, 0.3) is 5.91 Å². The zero-order valence-corrected chi connectivity index (χ0v) is 18.0. The number of hydrogen-bond acceptors (Lipinski definition) is 3. The highest BCUT2D eigenvalue weighted by molar-refractivity contribution is 5.95. The number of aromatic nitrogens is 2. The fraction of sp³-hybridized carbons (Fsp3) is 0.360. The summed E-state index contributed by atoms with van der Waals surface area (Å²) in [4.78, 5) is 15.3. The van der Waals surface area contributed by atoms with Crippen LogP contribution in [-0.4, -0.2) is 33.7 Å². The molecule has 1 saturated heterocycles. The van der Waals surface area contributed by atoms with Gasteiger partial charge < -0.3 is 5.32 Å². The largest absolute Gasteiger partial charge is 0.348 e. The maximum absolute atomic E-state index is 14.1. The first-order chi connectivity index (χ1) is 15.1. The van der Waals surface area contributed by atoms with Crippen LogP contribution in [-0.2, 0) is 13.1 Å². The van der Waals surface area contributed by atoms with Gasteiger partial charge in [-0.3, -0.25) is 9.69 Å². The van der Waals surface area contributed by atoms with E-state index in [1.165, 1.54) is 48.2 Å². The molecule has 162 valence electrons. The van der Waals surface area contributed by atoms with Crippen molar-refractivity contribution in [3.63, 3.8) is 0 Å². The lowest BCUT2D eigenvalue weighted by molar-refractivity contribution is 0.0950. The molecule has 0 bridgehead atoms. The van der Waals surface area contributed by atoms with Crippen molar-refractivity contribution in [2.45, 2.75) is 45.7 Å². The topological polar surface area (TPSA) is 50.2 Å². The quantitative estimate of drug-likeness (QED) is 0.633. The second-order valence-electron chi connectivity index (χ2n) is 8.20. The van der Waals surface area contributed by atoms with Gasteiger partial charge in [-0.05, 0) is 56.1 Å². The number of carbonyl (C=O) groups excluding carboxylic acids is 1. The molecule has 3 aromatic rings. The van der Waals surface area contributed by atoms with E-state index < -0.39 is 0 Å². The molecule has 6 heteroatoms. The van der Waals surface area contributed by atoms with Gasteiger partial charge in [-0.15, -0.1) is 0 Å². The molecule has 5 nitrogen and oxygen atoms in total. The molecule has 1 aromatic heterocycles. The van der Waals surface area contributed by atoms with Crippen molar-refractivity contribution in [2.24, 2.45) is 0 Å². The first-order valence-electron chi connectivity index (χ1n) is 11.0. The van der Waals surface area contributed by atoms with Crippen LogP contribution in [0.4, 0.5) is 4.39 Å². The molecule has 2 aromatic carbocycles. The maximum atomic E-state index is 14.1. The number of likely N-dealkylation sites (tertiary alicyclic amines) is 1. The summed E-state index contributed by atoms with van der Waals surface area (Å²) in [6.45, 7) is 5.49. The number of nitrogens with one attached hydrogen (secondary N) is 1. The Bertz CT molecular complexity index is 1040. The molecule has 0 atom stereocenters. The average molecular weight is 421 g/mol. The zero-order valence-electron chi connectivity index (χ0n) is 18.0. The molecule has 1 N–H and O–H groups in total. The minimum atomic E-state index is -0.373. The molecule has 0 spiro atoms. The van der Waals surface area contributed by atoms with Gasteiger partial charge in [0.2, 0.25) is 0 Å². The van der Waals surface area contributed by atoms with Crippen LogP contribution in [0.1, 0.15) is 52.9 Å². The minimum absolute atomic E-state index is 0.210. The predicted octanol–water partition coefficient (Wildman–Crippen LogP) is 4.63. The third-order valence-electron chi connectivity index (χ3n) is 5.88. The van der Waals surface area contributed by atoms with E-state index in [1.54, 1.807) is 25.1 Å². The Balaban J connectivity index is 1.40. The van der Waals surface area contributed by atoms with Crippen LogP contribution in [0.25, 0.3) is 5.69 Å². The predicted molar refractivity (Wildman–Crippen MR) is 120 cm³/mol. The number of amides is 1. The van der Waals surface area contributed by atoms with Crippen LogP contribution in [0.3, 0.4) is 0 Å². The molecule has 0 saturated carbocycles. The van der Waals surface area contributed by atoms with E-state index in [0.29, 0.717) is 23.5 Å². The summed E-state index contributed by atoms with van der Waals surface area (Å²) in [5, 5.41) is 7.20. The van der Waals surface area contributed by atoms with E-state index in [0.717, 1.165) is 25.2 Å². The smallest absolute Gasteiger partial charge is 0.255 e. The Morgan fingerprint density at radius 3 is 2.55 bits per heavy atom. The molecule has 4 rings (SSSR count). The molecule has 0 aliphatic carbocycles.